The number of alkyl halides is 2. The molecule has 2 aromatic rings. The quantitative estimate of drug-likeness (QED) is 0.613. The van der Waals surface area contributed by atoms with E-state index >= 15 is 0 Å². The summed E-state index contributed by atoms with van der Waals surface area (Å²) < 4.78 is 58.1. The number of ether oxygens (including phenoxy) is 1. The summed E-state index contributed by atoms with van der Waals surface area (Å²) in [6.07, 6.45) is 2.76. The van der Waals surface area contributed by atoms with E-state index in [4.69, 9.17) is 0 Å². The predicted molar refractivity (Wildman–Crippen MR) is 109 cm³/mol. The zero-order chi connectivity index (χ0) is 23.0. The van der Waals surface area contributed by atoms with Crippen molar-refractivity contribution in [2.45, 2.75) is 30.0 Å². The maximum atomic E-state index is 13.4. The van der Waals surface area contributed by atoms with E-state index in [9.17, 15) is 26.8 Å². The summed E-state index contributed by atoms with van der Waals surface area (Å²) in [4.78, 5) is 29.0. The van der Waals surface area contributed by atoms with Crippen LogP contribution in [-0.4, -0.2) is 72.8 Å². The number of sulfonamides is 1. The lowest BCUT2D eigenvalue weighted by atomic mass is 10.2. The molecule has 2 fully saturated rings. The summed E-state index contributed by atoms with van der Waals surface area (Å²) in [6, 6.07) is 5.03. The van der Waals surface area contributed by atoms with Crippen LogP contribution in [0.25, 0.3) is 10.8 Å². The summed E-state index contributed by atoms with van der Waals surface area (Å²) in [5.74, 6) is -1.11. The number of nitrogens with one attached hydrogen (secondary N) is 1. The van der Waals surface area contributed by atoms with Gasteiger partial charge in [-0.15, -0.1) is 0 Å². The van der Waals surface area contributed by atoms with Crippen molar-refractivity contribution in [3.05, 3.63) is 43.1 Å². The van der Waals surface area contributed by atoms with Crippen LogP contribution in [0.2, 0.25) is 0 Å². The van der Waals surface area contributed by atoms with Crippen LogP contribution in [0.3, 0.4) is 0 Å². The van der Waals surface area contributed by atoms with Crippen molar-refractivity contribution in [1.29, 1.82) is 0 Å². The molecule has 0 radical (unpaired) electrons. The molecular formula is C20H20F2N4O5S. The Morgan fingerprint density at radius 2 is 2.03 bits per heavy atom. The molecule has 1 N–H and O–H groups in total. The van der Waals surface area contributed by atoms with Gasteiger partial charge in [-0.1, -0.05) is 12.6 Å². The molecule has 170 valence electrons. The highest BCUT2D eigenvalue weighted by atomic mass is 32.2. The zero-order valence-electron chi connectivity index (χ0n) is 16.8. The van der Waals surface area contributed by atoms with Crippen LogP contribution in [0.4, 0.5) is 8.78 Å². The number of pyridine rings is 1. The Labute approximate surface area is 182 Å². The third kappa shape index (κ3) is 3.91. The lowest BCUT2D eigenvalue weighted by Gasteiger charge is -2.33. The van der Waals surface area contributed by atoms with Gasteiger partial charge in [0, 0.05) is 42.1 Å². The largest absolute Gasteiger partial charge is 0.416 e. The first-order valence-electron chi connectivity index (χ1n) is 9.76. The van der Waals surface area contributed by atoms with Crippen LogP contribution in [0, 0.1) is 0 Å². The van der Waals surface area contributed by atoms with Gasteiger partial charge in [0.15, 0.2) is 0 Å². The second-order valence-corrected chi connectivity index (χ2v) is 9.29. The van der Waals surface area contributed by atoms with Crippen molar-refractivity contribution in [1.82, 2.24) is 19.5 Å². The van der Waals surface area contributed by atoms with Gasteiger partial charge < -0.3 is 15.0 Å². The average Bonchev–Trinajstić information content (AvgIpc) is 3.38. The fraction of sp³-hybridized carbons (Fsp3) is 0.350. The van der Waals surface area contributed by atoms with E-state index in [0.717, 1.165) is 6.08 Å². The van der Waals surface area contributed by atoms with Crippen molar-refractivity contribution in [3.63, 3.8) is 0 Å². The number of hydrogen-bond acceptors (Lipinski definition) is 6. The molecule has 12 heteroatoms. The number of hydrogen-bond donors (Lipinski definition) is 1. The zero-order valence-corrected chi connectivity index (χ0v) is 17.6. The number of piperazine rings is 1. The summed E-state index contributed by atoms with van der Waals surface area (Å²) >= 11 is 0. The van der Waals surface area contributed by atoms with Gasteiger partial charge in [-0.05, 0) is 30.7 Å². The summed E-state index contributed by atoms with van der Waals surface area (Å²) in [5.41, 5.74) is 0. The van der Waals surface area contributed by atoms with E-state index in [0.29, 0.717) is 6.42 Å². The third-order valence-corrected chi connectivity index (χ3v) is 7.60. The van der Waals surface area contributed by atoms with E-state index in [1.54, 1.807) is 4.90 Å². The SMILES string of the molecule is C=CC(=O)NCC(=O)N1CC2CC1CN2S(=O)(=O)c1cccc2c(OC(F)F)nccc12. The van der Waals surface area contributed by atoms with Crippen LogP contribution < -0.4 is 10.1 Å². The average molecular weight is 466 g/mol. The molecule has 0 spiro atoms. The minimum absolute atomic E-state index is 0.0415. The second kappa shape index (κ2) is 8.43. The molecule has 2 unspecified atom stereocenters. The monoisotopic (exact) mass is 466 g/mol. The van der Waals surface area contributed by atoms with Gasteiger partial charge in [-0.25, -0.2) is 13.4 Å². The standard InChI is InChI=1S/C20H20F2N4O5S/c1-2-17(27)24-9-18(28)25-10-13-8-12(25)11-26(13)32(29,30)16-5-3-4-15-14(16)6-7-23-19(15)31-20(21)22/h2-7,12-13,20H,1,8-11H2,(H,24,27). The molecule has 0 aliphatic carbocycles. The molecule has 2 aliphatic heterocycles. The molecule has 3 heterocycles. The minimum Gasteiger partial charge on any atom is -0.416 e. The van der Waals surface area contributed by atoms with Crippen LogP contribution in [-0.2, 0) is 19.6 Å². The van der Waals surface area contributed by atoms with Crippen LogP contribution in [0.5, 0.6) is 5.88 Å². The van der Waals surface area contributed by atoms with Crippen LogP contribution in [0.15, 0.2) is 48.0 Å². The highest BCUT2D eigenvalue weighted by molar-refractivity contribution is 7.89. The third-order valence-electron chi connectivity index (χ3n) is 5.63. The van der Waals surface area contributed by atoms with Crippen LogP contribution in [0.1, 0.15) is 6.42 Å². The molecule has 2 saturated heterocycles. The molecule has 2 atom stereocenters. The number of halogens is 2. The van der Waals surface area contributed by atoms with Crippen molar-refractivity contribution in [2.75, 3.05) is 19.6 Å². The number of rotatable bonds is 7. The number of carbonyl (C=O) groups is 2. The first kappa shape index (κ1) is 22.1. The number of benzene rings is 1. The van der Waals surface area contributed by atoms with E-state index in [1.165, 1.54) is 34.8 Å². The molecule has 32 heavy (non-hydrogen) atoms. The lowest BCUT2D eigenvalue weighted by Crippen LogP contribution is -2.52. The van der Waals surface area contributed by atoms with E-state index in [2.05, 4.69) is 21.6 Å². The smallest absolute Gasteiger partial charge is 0.388 e. The molecule has 4 rings (SSSR count). The molecule has 0 saturated carbocycles. The maximum Gasteiger partial charge on any atom is 0.388 e. The molecular weight excluding hydrogens is 446 g/mol. The Morgan fingerprint density at radius 1 is 1.25 bits per heavy atom. The van der Waals surface area contributed by atoms with Crippen molar-refractivity contribution < 1.29 is 31.5 Å². The predicted octanol–water partition coefficient (Wildman–Crippen LogP) is 1.11. The Balaban J connectivity index is 1.56. The van der Waals surface area contributed by atoms with Gasteiger partial charge in [0.05, 0.1) is 11.4 Å². The molecule has 2 amide bonds. The Kier molecular flexibility index (Phi) is 5.82. The van der Waals surface area contributed by atoms with Gasteiger partial charge in [0.2, 0.25) is 27.7 Å². The van der Waals surface area contributed by atoms with Gasteiger partial charge in [0.25, 0.3) is 0 Å². The minimum atomic E-state index is -3.98. The van der Waals surface area contributed by atoms with Crippen molar-refractivity contribution >= 4 is 32.6 Å². The van der Waals surface area contributed by atoms with Gasteiger partial charge in [0.1, 0.15) is 0 Å². The molecule has 1 aromatic heterocycles. The van der Waals surface area contributed by atoms with Crippen molar-refractivity contribution in [2.24, 2.45) is 0 Å². The number of nitrogens with zero attached hydrogens (tertiary/aromatic N) is 3. The second-order valence-electron chi connectivity index (χ2n) is 7.43. The van der Waals surface area contributed by atoms with Crippen molar-refractivity contribution in [3.8, 4) is 5.88 Å². The summed E-state index contributed by atoms with van der Waals surface area (Å²) in [6.45, 7) is 0.351. The fourth-order valence-electron chi connectivity index (χ4n) is 4.25. The Hall–Kier alpha value is -3.12. The highest BCUT2D eigenvalue weighted by Gasteiger charge is 2.50. The van der Waals surface area contributed by atoms with Gasteiger partial charge in [-0.3, -0.25) is 9.59 Å². The maximum absolute atomic E-state index is 13.4. The van der Waals surface area contributed by atoms with Gasteiger partial charge in [-0.2, -0.15) is 13.1 Å². The van der Waals surface area contributed by atoms with Gasteiger partial charge >= 0.3 is 6.61 Å². The first-order valence-corrected chi connectivity index (χ1v) is 11.2. The Bertz CT molecular complexity index is 1190. The first-order chi connectivity index (χ1) is 15.2. The molecule has 2 aliphatic rings. The lowest BCUT2D eigenvalue weighted by molar-refractivity contribution is -0.133. The summed E-state index contributed by atoms with van der Waals surface area (Å²) in [7, 11) is -3.98. The number of amides is 2. The molecule has 2 bridgehead atoms. The van der Waals surface area contributed by atoms with E-state index < -0.39 is 28.6 Å². The number of likely N-dealkylation sites (tertiary alicyclic amines) is 1. The van der Waals surface area contributed by atoms with Crippen LogP contribution >= 0.6 is 0 Å². The van der Waals surface area contributed by atoms with E-state index in [-0.39, 0.29) is 53.1 Å². The van der Waals surface area contributed by atoms with E-state index in [1.807, 2.05) is 0 Å². The molecule has 1 aromatic carbocycles. The number of aromatic nitrogens is 1. The number of carbonyl (C=O) groups excluding carboxylic acids is 2. The number of fused-ring (bicyclic) bond motifs is 3. The topological polar surface area (TPSA) is 109 Å². The fourth-order valence-corrected chi connectivity index (χ4v) is 6.12. The molecule has 9 nitrogen and oxygen atoms in total. The normalized spacial score (nSPS) is 20.7. The highest BCUT2D eigenvalue weighted by Crippen LogP contribution is 2.37. The summed E-state index contributed by atoms with van der Waals surface area (Å²) in [5, 5.41) is 2.81. The Morgan fingerprint density at radius 3 is 2.69 bits per heavy atom.